The van der Waals surface area contributed by atoms with E-state index in [1.807, 2.05) is 44.2 Å². The van der Waals surface area contributed by atoms with Gasteiger partial charge in [0.15, 0.2) is 11.6 Å². The number of rotatable bonds is 6. The number of carbonyl (C=O) groups excluding carboxylic acids is 2. The number of nitrogens with zero attached hydrogens (tertiary/aromatic N) is 1. The van der Waals surface area contributed by atoms with Crippen LogP contribution in [0.5, 0.6) is 0 Å². The van der Waals surface area contributed by atoms with Crippen molar-refractivity contribution in [3.63, 3.8) is 0 Å². The van der Waals surface area contributed by atoms with Crippen LogP contribution in [0.15, 0.2) is 48.5 Å². The van der Waals surface area contributed by atoms with Gasteiger partial charge in [-0.15, -0.1) is 0 Å². The molecular formula is C19H20F2N2O2. The maximum atomic E-state index is 13.2. The van der Waals surface area contributed by atoms with E-state index in [0.29, 0.717) is 6.54 Å². The summed E-state index contributed by atoms with van der Waals surface area (Å²) in [5, 5.41) is 2.41. The highest BCUT2D eigenvalue weighted by molar-refractivity contribution is 6.03. The fourth-order valence-electron chi connectivity index (χ4n) is 2.36. The molecule has 2 amide bonds. The molecule has 6 heteroatoms. The molecule has 0 aliphatic carbocycles. The lowest BCUT2D eigenvalue weighted by molar-refractivity contribution is -0.136. The predicted octanol–water partition coefficient (Wildman–Crippen LogP) is 3.73. The molecule has 4 nitrogen and oxygen atoms in total. The standard InChI is InChI=1S/C19H20F2N2O2/c1-13(2)23(12-14-6-4-3-5-7-14)19(25)11-18(24)22-15-8-9-16(20)17(21)10-15/h3-10,13H,11-12H2,1-2H3,(H,22,24). The molecule has 0 aliphatic rings. The molecule has 0 aromatic heterocycles. The average molecular weight is 346 g/mol. The minimum Gasteiger partial charge on any atom is -0.336 e. The van der Waals surface area contributed by atoms with E-state index >= 15 is 0 Å². The minimum atomic E-state index is -1.06. The van der Waals surface area contributed by atoms with Crippen LogP contribution in [0.3, 0.4) is 0 Å². The van der Waals surface area contributed by atoms with E-state index in [-0.39, 0.29) is 24.1 Å². The zero-order valence-electron chi connectivity index (χ0n) is 14.1. The van der Waals surface area contributed by atoms with Crippen LogP contribution in [0.1, 0.15) is 25.8 Å². The Bertz CT molecular complexity index is 748. The predicted molar refractivity (Wildman–Crippen MR) is 91.7 cm³/mol. The highest BCUT2D eigenvalue weighted by Gasteiger charge is 2.20. The van der Waals surface area contributed by atoms with E-state index in [9.17, 15) is 18.4 Å². The fourth-order valence-corrected chi connectivity index (χ4v) is 2.36. The van der Waals surface area contributed by atoms with Crippen molar-refractivity contribution in [2.75, 3.05) is 5.32 Å². The van der Waals surface area contributed by atoms with Crippen LogP contribution in [-0.2, 0) is 16.1 Å². The number of halogens is 2. The summed E-state index contributed by atoms with van der Waals surface area (Å²) in [6.07, 6.45) is -0.371. The first kappa shape index (κ1) is 18.6. The van der Waals surface area contributed by atoms with Gasteiger partial charge in [0.25, 0.3) is 0 Å². The third kappa shape index (κ3) is 5.38. The molecule has 0 aliphatic heterocycles. The van der Waals surface area contributed by atoms with Gasteiger partial charge in [0.05, 0.1) is 0 Å². The Morgan fingerprint density at radius 1 is 1.04 bits per heavy atom. The topological polar surface area (TPSA) is 49.4 Å². The lowest BCUT2D eigenvalue weighted by Gasteiger charge is -2.26. The minimum absolute atomic E-state index is 0.0798. The van der Waals surface area contributed by atoms with Gasteiger partial charge < -0.3 is 10.2 Å². The van der Waals surface area contributed by atoms with Crippen LogP contribution in [0.25, 0.3) is 0 Å². The first-order valence-electron chi connectivity index (χ1n) is 7.95. The average Bonchev–Trinajstić information content (AvgIpc) is 2.56. The van der Waals surface area contributed by atoms with Gasteiger partial charge in [0.2, 0.25) is 11.8 Å². The molecule has 2 aromatic rings. The van der Waals surface area contributed by atoms with Gasteiger partial charge in [-0.05, 0) is 31.5 Å². The Labute approximate surface area is 145 Å². The molecule has 0 radical (unpaired) electrons. The molecular weight excluding hydrogens is 326 g/mol. The van der Waals surface area contributed by atoms with Crippen LogP contribution in [0.2, 0.25) is 0 Å². The van der Waals surface area contributed by atoms with Gasteiger partial charge >= 0.3 is 0 Å². The molecule has 0 unspecified atom stereocenters. The summed E-state index contributed by atoms with van der Waals surface area (Å²) >= 11 is 0. The first-order valence-corrected chi connectivity index (χ1v) is 7.95. The maximum Gasteiger partial charge on any atom is 0.233 e. The van der Waals surface area contributed by atoms with Crippen molar-refractivity contribution in [3.05, 3.63) is 65.7 Å². The molecule has 25 heavy (non-hydrogen) atoms. The maximum absolute atomic E-state index is 13.2. The van der Waals surface area contributed by atoms with Crippen molar-refractivity contribution in [3.8, 4) is 0 Å². The quantitative estimate of drug-likeness (QED) is 0.810. The summed E-state index contributed by atoms with van der Waals surface area (Å²) in [4.78, 5) is 26.1. The second-order valence-electron chi connectivity index (χ2n) is 5.95. The summed E-state index contributed by atoms with van der Waals surface area (Å²) in [6, 6.07) is 12.4. The highest BCUT2D eigenvalue weighted by atomic mass is 19.2. The summed E-state index contributed by atoms with van der Waals surface area (Å²) in [6.45, 7) is 4.14. The summed E-state index contributed by atoms with van der Waals surface area (Å²) in [5.74, 6) is -2.96. The summed E-state index contributed by atoms with van der Waals surface area (Å²) in [5.41, 5.74) is 1.07. The van der Waals surface area contributed by atoms with Crippen molar-refractivity contribution in [2.24, 2.45) is 0 Å². The number of amides is 2. The highest BCUT2D eigenvalue weighted by Crippen LogP contribution is 2.14. The van der Waals surface area contributed by atoms with Crippen molar-refractivity contribution in [1.29, 1.82) is 0 Å². The fraction of sp³-hybridized carbons (Fsp3) is 0.263. The molecule has 2 rings (SSSR count). The molecule has 0 fully saturated rings. The lowest BCUT2D eigenvalue weighted by Crippen LogP contribution is -2.38. The summed E-state index contributed by atoms with van der Waals surface area (Å²) < 4.78 is 26.1. The SMILES string of the molecule is CC(C)N(Cc1ccccc1)C(=O)CC(=O)Nc1ccc(F)c(F)c1. The number of benzene rings is 2. The second kappa shape index (κ2) is 8.37. The van der Waals surface area contributed by atoms with Crippen molar-refractivity contribution in [1.82, 2.24) is 4.90 Å². The summed E-state index contributed by atoms with van der Waals surface area (Å²) in [7, 11) is 0. The second-order valence-corrected chi connectivity index (χ2v) is 5.95. The van der Waals surface area contributed by atoms with E-state index in [1.54, 1.807) is 4.90 Å². The van der Waals surface area contributed by atoms with E-state index in [4.69, 9.17) is 0 Å². The molecule has 0 atom stereocenters. The van der Waals surface area contributed by atoms with Gasteiger partial charge in [-0.1, -0.05) is 30.3 Å². The molecule has 0 spiro atoms. The molecule has 0 heterocycles. The monoisotopic (exact) mass is 346 g/mol. The molecule has 132 valence electrons. The Hall–Kier alpha value is -2.76. The van der Waals surface area contributed by atoms with Crippen LogP contribution < -0.4 is 5.32 Å². The number of hydrogen-bond donors (Lipinski definition) is 1. The molecule has 2 aromatic carbocycles. The number of anilines is 1. The molecule has 0 saturated carbocycles. The van der Waals surface area contributed by atoms with Crippen LogP contribution >= 0.6 is 0 Å². The zero-order chi connectivity index (χ0) is 18.4. The number of hydrogen-bond acceptors (Lipinski definition) is 2. The third-order valence-corrected chi connectivity index (χ3v) is 3.65. The van der Waals surface area contributed by atoms with Gasteiger partial charge in [0, 0.05) is 24.3 Å². The molecule has 0 saturated heterocycles. The number of carbonyl (C=O) groups is 2. The number of nitrogens with one attached hydrogen (secondary N) is 1. The van der Waals surface area contributed by atoms with E-state index < -0.39 is 17.5 Å². The van der Waals surface area contributed by atoms with Crippen molar-refractivity contribution < 1.29 is 18.4 Å². The Balaban J connectivity index is 1.99. The van der Waals surface area contributed by atoms with Crippen LogP contribution in [-0.4, -0.2) is 22.8 Å². The van der Waals surface area contributed by atoms with Crippen LogP contribution in [0, 0.1) is 11.6 Å². The Morgan fingerprint density at radius 2 is 1.72 bits per heavy atom. The van der Waals surface area contributed by atoms with Crippen molar-refractivity contribution in [2.45, 2.75) is 32.9 Å². The normalized spacial score (nSPS) is 10.6. The van der Waals surface area contributed by atoms with E-state index in [2.05, 4.69) is 5.32 Å². The third-order valence-electron chi connectivity index (χ3n) is 3.65. The molecule has 1 N–H and O–H groups in total. The Kier molecular flexibility index (Phi) is 6.22. The van der Waals surface area contributed by atoms with Crippen molar-refractivity contribution >= 4 is 17.5 Å². The van der Waals surface area contributed by atoms with Gasteiger partial charge in [0.1, 0.15) is 6.42 Å². The van der Waals surface area contributed by atoms with Crippen LogP contribution in [0.4, 0.5) is 14.5 Å². The van der Waals surface area contributed by atoms with Gasteiger partial charge in [-0.2, -0.15) is 0 Å². The van der Waals surface area contributed by atoms with E-state index in [1.165, 1.54) is 6.07 Å². The molecule has 0 bridgehead atoms. The first-order chi connectivity index (χ1) is 11.9. The van der Waals surface area contributed by atoms with E-state index in [0.717, 1.165) is 17.7 Å². The lowest BCUT2D eigenvalue weighted by atomic mass is 10.1. The smallest absolute Gasteiger partial charge is 0.233 e. The largest absolute Gasteiger partial charge is 0.336 e. The Morgan fingerprint density at radius 3 is 2.32 bits per heavy atom. The van der Waals surface area contributed by atoms with Gasteiger partial charge in [-0.3, -0.25) is 9.59 Å². The zero-order valence-corrected chi connectivity index (χ0v) is 14.1. The van der Waals surface area contributed by atoms with Gasteiger partial charge in [-0.25, -0.2) is 8.78 Å².